The maximum absolute atomic E-state index is 13.3. The van der Waals surface area contributed by atoms with Crippen molar-refractivity contribution < 1.29 is 24.4 Å². The van der Waals surface area contributed by atoms with Crippen LogP contribution in [-0.2, 0) is 16.0 Å². The van der Waals surface area contributed by atoms with Crippen molar-refractivity contribution in [2.45, 2.75) is 12.5 Å². The van der Waals surface area contributed by atoms with Gasteiger partial charge >= 0.3 is 0 Å². The summed E-state index contributed by atoms with van der Waals surface area (Å²) in [4.78, 5) is 42.1. The van der Waals surface area contributed by atoms with Gasteiger partial charge in [-0.25, -0.2) is 0 Å². The Kier molecular flexibility index (Phi) is 7.03. The van der Waals surface area contributed by atoms with Crippen LogP contribution in [0.1, 0.15) is 22.7 Å². The van der Waals surface area contributed by atoms with Crippen LogP contribution in [-0.4, -0.2) is 45.3 Å². The summed E-state index contributed by atoms with van der Waals surface area (Å²) < 4.78 is 5.33. The standard InChI is InChI=1S/C28H21Cl2N3O6/c1-39-19-6-8-23-21(13-19)16(14-31-23)9-10-32-25(15-3-2-4-18(11-15)33(37)38)24(27(35)28(32)36)26(34)20-7-5-17(29)12-22(20)30/h2-8,11-14,25,31,34H,9-10H2,1H3/t25-/m0/s1. The first kappa shape index (κ1) is 26.3. The molecular formula is C28H21Cl2N3O6. The Labute approximate surface area is 232 Å². The zero-order chi connectivity index (χ0) is 27.8. The fraction of sp³-hybridized carbons (Fsp3) is 0.143. The number of H-pyrrole nitrogens is 1. The fourth-order valence-corrected chi connectivity index (χ4v) is 5.32. The number of carbonyl (C=O) groups excluding carboxylic acids is 2. The number of aliphatic hydroxyl groups excluding tert-OH is 1. The number of Topliss-reactive ketones (excluding diaryl/α,β-unsaturated/α-hetero) is 1. The number of rotatable bonds is 7. The van der Waals surface area contributed by atoms with E-state index in [-0.39, 0.29) is 28.4 Å². The first-order valence-electron chi connectivity index (χ1n) is 11.8. The number of aromatic amines is 1. The van der Waals surface area contributed by atoms with E-state index in [0.717, 1.165) is 16.5 Å². The number of non-ortho nitro benzene ring substituents is 1. The second-order valence-electron chi connectivity index (χ2n) is 8.94. The minimum absolute atomic E-state index is 0.0803. The van der Waals surface area contributed by atoms with Crippen molar-refractivity contribution in [3.63, 3.8) is 0 Å². The minimum Gasteiger partial charge on any atom is -0.507 e. The summed E-state index contributed by atoms with van der Waals surface area (Å²) in [5, 5.41) is 24.1. The highest BCUT2D eigenvalue weighted by Gasteiger charge is 2.46. The van der Waals surface area contributed by atoms with Crippen LogP contribution in [0, 0.1) is 10.1 Å². The number of likely N-dealkylation sites (tertiary alicyclic amines) is 1. The van der Waals surface area contributed by atoms with Crippen molar-refractivity contribution in [3.05, 3.63) is 109 Å². The van der Waals surface area contributed by atoms with Crippen LogP contribution in [0.5, 0.6) is 5.75 Å². The quantitative estimate of drug-likeness (QED) is 0.0922. The largest absolute Gasteiger partial charge is 0.507 e. The van der Waals surface area contributed by atoms with Crippen LogP contribution in [0.2, 0.25) is 10.0 Å². The first-order chi connectivity index (χ1) is 18.7. The summed E-state index contributed by atoms with van der Waals surface area (Å²) in [5.41, 5.74) is 1.73. The number of aliphatic hydroxyl groups is 1. The number of fused-ring (bicyclic) bond motifs is 1. The molecule has 1 aliphatic rings. The van der Waals surface area contributed by atoms with Crippen molar-refractivity contribution in [2.75, 3.05) is 13.7 Å². The molecule has 0 radical (unpaired) electrons. The monoisotopic (exact) mass is 565 g/mol. The van der Waals surface area contributed by atoms with Crippen molar-refractivity contribution in [3.8, 4) is 5.75 Å². The topological polar surface area (TPSA) is 126 Å². The molecule has 11 heteroatoms. The Hall–Kier alpha value is -4.34. The minimum atomic E-state index is -1.09. The predicted octanol–water partition coefficient (Wildman–Crippen LogP) is 6.06. The summed E-state index contributed by atoms with van der Waals surface area (Å²) in [5.74, 6) is -1.59. The number of aromatic nitrogens is 1. The number of hydrogen-bond acceptors (Lipinski definition) is 6. The van der Waals surface area contributed by atoms with E-state index in [4.69, 9.17) is 27.9 Å². The van der Waals surface area contributed by atoms with Gasteiger partial charge < -0.3 is 19.7 Å². The van der Waals surface area contributed by atoms with Crippen LogP contribution in [0.4, 0.5) is 5.69 Å². The van der Waals surface area contributed by atoms with Crippen LogP contribution in [0.25, 0.3) is 16.7 Å². The number of nitrogens with zero attached hydrogens (tertiary/aromatic N) is 2. The summed E-state index contributed by atoms with van der Waals surface area (Å²) in [6.45, 7) is 0.0905. The maximum atomic E-state index is 13.3. The Morgan fingerprint density at radius 2 is 1.92 bits per heavy atom. The van der Waals surface area contributed by atoms with Gasteiger partial charge in [0.2, 0.25) is 0 Å². The third kappa shape index (κ3) is 4.82. The average molecular weight is 566 g/mol. The molecule has 39 heavy (non-hydrogen) atoms. The Morgan fingerprint density at radius 1 is 1.13 bits per heavy atom. The van der Waals surface area contributed by atoms with Crippen molar-refractivity contribution >= 4 is 57.2 Å². The smallest absolute Gasteiger partial charge is 0.295 e. The van der Waals surface area contributed by atoms with Crippen LogP contribution < -0.4 is 4.74 Å². The van der Waals surface area contributed by atoms with Gasteiger partial charge in [0, 0.05) is 46.4 Å². The van der Waals surface area contributed by atoms with Gasteiger partial charge in [0.15, 0.2) is 0 Å². The molecule has 198 valence electrons. The molecule has 9 nitrogen and oxygen atoms in total. The SMILES string of the molecule is COc1ccc2[nH]cc(CCN3C(=O)C(=O)C(=C(O)c4ccc(Cl)cc4Cl)[C@@H]3c3cccc([N+](=O)[O-])c3)c2c1. The molecule has 4 aromatic rings. The van der Waals surface area contributed by atoms with Crippen molar-refractivity contribution in [2.24, 2.45) is 0 Å². The molecule has 1 aliphatic heterocycles. The molecule has 0 saturated carbocycles. The van der Waals surface area contributed by atoms with Gasteiger partial charge in [0.05, 0.1) is 28.7 Å². The van der Waals surface area contributed by atoms with Gasteiger partial charge in [0.25, 0.3) is 17.4 Å². The van der Waals surface area contributed by atoms with Crippen LogP contribution in [0.15, 0.2) is 72.4 Å². The van der Waals surface area contributed by atoms with Crippen molar-refractivity contribution in [1.29, 1.82) is 0 Å². The summed E-state index contributed by atoms with van der Waals surface area (Å²) >= 11 is 12.3. The molecule has 1 saturated heterocycles. The van der Waals surface area contributed by atoms with E-state index in [1.165, 1.54) is 41.3 Å². The summed E-state index contributed by atoms with van der Waals surface area (Å²) in [7, 11) is 1.57. The van der Waals surface area contributed by atoms with E-state index < -0.39 is 28.4 Å². The first-order valence-corrected chi connectivity index (χ1v) is 12.6. The molecule has 1 amide bonds. The normalized spacial score (nSPS) is 16.7. The lowest BCUT2D eigenvalue weighted by Gasteiger charge is -2.25. The zero-order valence-corrected chi connectivity index (χ0v) is 22.0. The van der Waals surface area contributed by atoms with E-state index in [9.17, 15) is 24.8 Å². The predicted molar refractivity (Wildman–Crippen MR) is 147 cm³/mol. The zero-order valence-electron chi connectivity index (χ0n) is 20.5. The Morgan fingerprint density at radius 3 is 2.64 bits per heavy atom. The molecule has 1 aromatic heterocycles. The number of nitro benzene ring substituents is 1. The number of hydrogen-bond donors (Lipinski definition) is 2. The molecule has 0 unspecified atom stereocenters. The number of nitro groups is 1. The number of carbonyl (C=O) groups is 2. The number of amides is 1. The van der Waals surface area contributed by atoms with E-state index >= 15 is 0 Å². The molecular weight excluding hydrogens is 545 g/mol. The maximum Gasteiger partial charge on any atom is 0.295 e. The molecule has 2 heterocycles. The third-order valence-corrected chi connectivity index (χ3v) is 7.27. The average Bonchev–Trinajstić information content (AvgIpc) is 3.44. The summed E-state index contributed by atoms with van der Waals surface area (Å²) in [6, 6.07) is 14.5. The Bertz CT molecular complexity index is 1680. The number of nitrogens with one attached hydrogen (secondary N) is 1. The van der Waals surface area contributed by atoms with E-state index in [1.807, 2.05) is 24.4 Å². The lowest BCUT2D eigenvalue weighted by Crippen LogP contribution is -2.31. The van der Waals surface area contributed by atoms with Crippen molar-refractivity contribution in [1.82, 2.24) is 9.88 Å². The van der Waals surface area contributed by atoms with E-state index in [2.05, 4.69) is 4.98 Å². The number of benzene rings is 3. The number of ketones is 1. The fourth-order valence-electron chi connectivity index (χ4n) is 4.82. The lowest BCUT2D eigenvalue weighted by atomic mass is 9.94. The lowest BCUT2D eigenvalue weighted by molar-refractivity contribution is -0.384. The second kappa shape index (κ2) is 10.4. The third-order valence-electron chi connectivity index (χ3n) is 6.72. The highest BCUT2D eigenvalue weighted by Crippen LogP contribution is 2.41. The van der Waals surface area contributed by atoms with Crippen LogP contribution in [0.3, 0.4) is 0 Å². The van der Waals surface area contributed by atoms with Gasteiger partial charge in [-0.05, 0) is 53.9 Å². The molecule has 0 bridgehead atoms. The van der Waals surface area contributed by atoms with Gasteiger partial charge in [-0.3, -0.25) is 19.7 Å². The van der Waals surface area contributed by atoms with Gasteiger partial charge in [0.1, 0.15) is 11.5 Å². The number of halogens is 2. The molecule has 0 spiro atoms. The van der Waals surface area contributed by atoms with E-state index in [1.54, 1.807) is 13.2 Å². The number of methoxy groups -OCH3 is 1. The molecule has 2 N–H and O–H groups in total. The highest BCUT2D eigenvalue weighted by atomic mass is 35.5. The van der Waals surface area contributed by atoms with Crippen LogP contribution >= 0.6 is 23.2 Å². The highest BCUT2D eigenvalue weighted by molar-refractivity contribution is 6.47. The number of ether oxygens (including phenoxy) is 1. The Balaban J connectivity index is 1.60. The molecule has 0 aliphatic carbocycles. The molecule has 1 atom stereocenters. The van der Waals surface area contributed by atoms with Gasteiger partial charge in [-0.1, -0.05) is 35.3 Å². The van der Waals surface area contributed by atoms with E-state index in [0.29, 0.717) is 22.8 Å². The molecule has 5 rings (SSSR count). The van der Waals surface area contributed by atoms with Gasteiger partial charge in [-0.15, -0.1) is 0 Å². The second-order valence-corrected chi connectivity index (χ2v) is 9.79. The summed E-state index contributed by atoms with van der Waals surface area (Å²) in [6.07, 6.45) is 2.17. The van der Waals surface area contributed by atoms with Gasteiger partial charge in [-0.2, -0.15) is 0 Å². The molecule has 1 fully saturated rings. The molecule has 3 aromatic carbocycles.